The van der Waals surface area contributed by atoms with Crippen molar-refractivity contribution in [3.63, 3.8) is 0 Å². The first-order valence-electron chi connectivity index (χ1n) is 6.53. The van der Waals surface area contributed by atoms with Crippen molar-refractivity contribution < 1.29 is 19.0 Å². The monoisotopic (exact) mass is 287 g/mol. The minimum absolute atomic E-state index is 0.256. The Morgan fingerprint density at radius 3 is 2.38 bits per heavy atom. The molecule has 0 aromatic heterocycles. The highest BCUT2D eigenvalue weighted by Gasteiger charge is 2.14. The standard InChI is InChI=1S/C16H17NO4/c1-3-20-16(18)13-5-4-6-14(15(13)17)21-12-9-7-11(19-2)8-10-12/h4-10H,3,17H2,1-2H3. The molecule has 0 spiro atoms. The zero-order chi connectivity index (χ0) is 15.2. The smallest absolute Gasteiger partial charge is 0.340 e. The molecule has 0 aliphatic heterocycles. The quantitative estimate of drug-likeness (QED) is 0.675. The van der Waals surface area contributed by atoms with Crippen molar-refractivity contribution in [3.8, 4) is 17.2 Å². The number of carbonyl (C=O) groups excluding carboxylic acids is 1. The van der Waals surface area contributed by atoms with Crippen molar-refractivity contribution in [2.24, 2.45) is 0 Å². The normalized spacial score (nSPS) is 10.0. The molecule has 21 heavy (non-hydrogen) atoms. The SMILES string of the molecule is CCOC(=O)c1cccc(Oc2ccc(OC)cc2)c1N. The van der Waals surface area contributed by atoms with Crippen LogP contribution in [0.4, 0.5) is 5.69 Å². The summed E-state index contributed by atoms with van der Waals surface area (Å²) >= 11 is 0. The number of rotatable bonds is 5. The minimum atomic E-state index is -0.463. The highest BCUT2D eigenvalue weighted by Crippen LogP contribution is 2.31. The molecule has 0 saturated heterocycles. The number of benzene rings is 2. The topological polar surface area (TPSA) is 70.8 Å². The molecule has 110 valence electrons. The number of nitrogen functional groups attached to an aromatic ring is 1. The molecule has 0 unspecified atom stereocenters. The molecule has 0 bridgehead atoms. The van der Waals surface area contributed by atoms with Gasteiger partial charge in [-0.3, -0.25) is 0 Å². The third-order valence-corrected chi connectivity index (χ3v) is 2.85. The van der Waals surface area contributed by atoms with Crippen LogP contribution in [0.3, 0.4) is 0 Å². The van der Waals surface area contributed by atoms with Gasteiger partial charge in [-0.1, -0.05) is 6.07 Å². The van der Waals surface area contributed by atoms with E-state index >= 15 is 0 Å². The first-order valence-corrected chi connectivity index (χ1v) is 6.53. The second-order valence-electron chi connectivity index (χ2n) is 4.22. The van der Waals surface area contributed by atoms with E-state index < -0.39 is 5.97 Å². The summed E-state index contributed by atoms with van der Waals surface area (Å²) in [6, 6.07) is 12.1. The van der Waals surface area contributed by atoms with Gasteiger partial charge < -0.3 is 19.9 Å². The number of carbonyl (C=O) groups is 1. The van der Waals surface area contributed by atoms with Crippen LogP contribution in [0, 0.1) is 0 Å². The molecule has 0 heterocycles. The van der Waals surface area contributed by atoms with Crippen LogP contribution >= 0.6 is 0 Å². The molecule has 0 aliphatic carbocycles. The molecule has 0 saturated carbocycles. The van der Waals surface area contributed by atoms with Crippen LogP contribution in [0.1, 0.15) is 17.3 Å². The van der Waals surface area contributed by atoms with Gasteiger partial charge >= 0.3 is 5.97 Å². The zero-order valence-corrected chi connectivity index (χ0v) is 12.0. The third kappa shape index (κ3) is 3.45. The predicted octanol–water partition coefficient (Wildman–Crippen LogP) is 3.25. The molecule has 2 N–H and O–H groups in total. The van der Waals surface area contributed by atoms with Crippen molar-refractivity contribution >= 4 is 11.7 Å². The average Bonchev–Trinajstić information content (AvgIpc) is 2.50. The number of para-hydroxylation sites is 1. The van der Waals surface area contributed by atoms with Gasteiger partial charge in [-0.05, 0) is 43.3 Å². The number of ether oxygens (including phenoxy) is 3. The Bertz CT molecular complexity index is 623. The molecule has 2 aromatic rings. The van der Waals surface area contributed by atoms with E-state index in [9.17, 15) is 4.79 Å². The van der Waals surface area contributed by atoms with Gasteiger partial charge in [0.1, 0.15) is 11.5 Å². The number of esters is 1. The molecular formula is C16H17NO4. The summed E-state index contributed by atoms with van der Waals surface area (Å²) in [7, 11) is 1.59. The fraction of sp³-hybridized carbons (Fsp3) is 0.188. The lowest BCUT2D eigenvalue weighted by molar-refractivity contribution is 0.0527. The van der Waals surface area contributed by atoms with Gasteiger partial charge in [0.25, 0.3) is 0 Å². The Morgan fingerprint density at radius 2 is 1.76 bits per heavy atom. The molecule has 0 radical (unpaired) electrons. The lowest BCUT2D eigenvalue weighted by Crippen LogP contribution is -2.08. The van der Waals surface area contributed by atoms with E-state index in [-0.39, 0.29) is 5.69 Å². The van der Waals surface area contributed by atoms with Crippen molar-refractivity contribution in [3.05, 3.63) is 48.0 Å². The van der Waals surface area contributed by atoms with E-state index in [2.05, 4.69) is 0 Å². The van der Waals surface area contributed by atoms with Crippen LogP contribution in [-0.4, -0.2) is 19.7 Å². The zero-order valence-electron chi connectivity index (χ0n) is 12.0. The molecule has 0 fully saturated rings. The van der Waals surface area contributed by atoms with Gasteiger partial charge in [0.05, 0.1) is 25.0 Å². The number of nitrogens with two attached hydrogens (primary N) is 1. The molecular weight excluding hydrogens is 270 g/mol. The number of hydrogen-bond donors (Lipinski definition) is 1. The molecule has 2 rings (SSSR count). The summed E-state index contributed by atoms with van der Waals surface area (Å²) in [5, 5.41) is 0. The molecule has 2 aromatic carbocycles. The lowest BCUT2D eigenvalue weighted by atomic mass is 10.1. The second-order valence-corrected chi connectivity index (χ2v) is 4.22. The highest BCUT2D eigenvalue weighted by molar-refractivity contribution is 5.96. The maximum Gasteiger partial charge on any atom is 0.340 e. The molecule has 5 nitrogen and oxygen atoms in total. The van der Waals surface area contributed by atoms with Crippen molar-refractivity contribution in [2.45, 2.75) is 6.92 Å². The molecule has 0 atom stereocenters. The van der Waals surface area contributed by atoms with E-state index in [1.165, 1.54) is 0 Å². The van der Waals surface area contributed by atoms with E-state index in [1.807, 2.05) is 0 Å². The summed E-state index contributed by atoms with van der Waals surface area (Å²) in [5.74, 6) is 1.28. The van der Waals surface area contributed by atoms with Crippen LogP contribution in [-0.2, 0) is 4.74 Å². The van der Waals surface area contributed by atoms with Crippen molar-refractivity contribution in [2.75, 3.05) is 19.5 Å². The van der Waals surface area contributed by atoms with Crippen molar-refractivity contribution in [1.29, 1.82) is 0 Å². The van der Waals surface area contributed by atoms with Crippen LogP contribution in [0.5, 0.6) is 17.2 Å². The van der Waals surface area contributed by atoms with Gasteiger partial charge in [-0.15, -0.1) is 0 Å². The first kappa shape index (κ1) is 14.7. The van der Waals surface area contributed by atoms with Gasteiger partial charge in [0.2, 0.25) is 0 Å². The highest BCUT2D eigenvalue weighted by atomic mass is 16.5. The predicted molar refractivity (Wildman–Crippen MR) is 79.9 cm³/mol. The fourth-order valence-electron chi connectivity index (χ4n) is 1.79. The van der Waals surface area contributed by atoms with E-state index in [0.29, 0.717) is 23.7 Å². The van der Waals surface area contributed by atoms with Gasteiger partial charge in [0, 0.05) is 0 Å². The fourth-order valence-corrected chi connectivity index (χ4v) is 1.79. The number of hydrogen-bond acceptors (Lipinski definition) is 5. The van der Waals surface area contributed by atoms with Crippen molar-refractivity contribution in [1.82, 2.24) is 0 Å². The Hall–Kier alpha value is -2.69. The molecule has 5 heteroatoms. The summed E-state index contributed by atoms with van der Waals surface area (Å²) in [6.45, 7) is 2.04. The average molecular weight is 287 g/mol. The largest absolute Gasteiger partial charge is 0.497 e. The third-order valence-electron chi connectivity index (χ3n) is 2.85. The van der Waals surface area contributed by atoms with E-state index in [0.717, 1.165) is 5.75 Å². The maximum atomic E-state index is 11.8. The maximum absolute atomic E-state index is 11.8. The Morgan fingerprint density at radius 1 is 1.10 bits per heavy atom. The Balaban J connectivity index is 2.23. The molecule has 0 amide bonds. The summed E-state index contributed by atoms with van der Waals surface area (Å²) in [6.07, 6.45) is 0. The van der Waals surface area contributed by atoms with Gasteiger partial charge in [0.15, 0.2) is 5.75 Å². The number of anilines is 1. The Kier molecular flexibility index (Phi) is 4.66. The first-order chi connectivity index (χ1) is 10.2. The van der Waals surface area contributed by atoms with Gasteiger partial charge in [-0.2, -0.15) is 0 Å². The Labute approximate surface area is 123 Å². The van der Waals surface area contributed by atoms with Crippen LogP contribution in [0.15, 0.2) is 42.5 Å². The van der Waals surface area contributed by atoms with Gasteiger partial charge in [-0.25, -0.2) is 4.79 Å². The van der Waals surface area contributed by atoms with Crippen LogP contribution < -0.4 is 15.2 Å². The van der Waals surface area contributed by atoms with E-state index in [1.54, 1.807) is 56.5 Å². The minimum Gasteiger partial charge on any atom is -0.497 e. The van der Waals surface area contributed by atoms with E-state index in [4.69, 9.17) is 19.9 Å². The van der Waals surface area contributed by atoms with Crippen LogP contribution in [0.2, 0.25) is 0 Å². The summed E-state index contributed by atoms with van der Waals surface area (Å²) < 4.78 is 15.7. The van der Waals surface area contributed by atoms with Crippen LogP contribution in [0.25, 0.3) is 0 Å². The summed E-state index contributed by atoms with van der Waals surface area (Å²) in [5.41, 5.74) is 6.52. The number of methoxy groups -OCH3 is 1. The summed E-state index contributed by atoms with van der Waals surface area (Å²) in [4.78, 5) is 11.8. The molecule has 0 aliphatic rings. The lowest BCUT2D eigenvalue weighted by Gasteiger charge is -2.11. The second kappa shape index (κ2) is 6.65.